The molecule has 0 saturated heterocycles. The Hall–Kier alpha value is -1.82. The molecule has 1 aromatic rings. The highest BCUT2D eigenvalue weighted by Gasteiger charge is 2.35. The molecule has 1 aliphatic heterocycles. The maximum Gasteiger partial charge on any atom is 0.300 e. The summed E-state index contributed by atoms with van der Waals surface area (Å²) in [6, 6.07) is 5.29. The van der Waals surface area contributed by atoms with Crippen molar-refractivity contribution in [1.29, 1.82) is 0 Å². The molecular weight excluding hydrogens is 252 g/mol. The van der Waals surface area contributed by atoms with Crippen molar-refractivity contribution in [3.05, 3.63) is 29.3 Å². The molecule has 0 unspecified atom stereocenters. The Balaban J connectivity index is 2.21. The van der Waals surface area contributed by atoms with Gasteiger partial charge in [0.05, 0.1) is 22.9 Å². The van der Waals surface area contributed by atoms with Crippen LogP contribution in [0.4, 0.5) is 5.69 Å². The van der Waals surface area contributed by atoms with Crippen LogP contribution in [0.1, 0.15) is 15.9 Å². The first-order valence-electron chi connectivity index (χ1n) is 5.33. The quantitative estimate of drug-likeness (QED) is 0.812. The third kappa shape index (κ3) is 2.24. The Bertz CT molecular complexity index is 542. The van der Waals surface area contributed by atoms with Crippen LogP contribution >= 0.6 is 11.8 Å². The van der Waals surface area contributed by atoms with E-state index in [0.29, 0.717) is 11.3 Å². The molecule has 0 aromatic heterocycles. The molecule has 94 valence electrons. The van der Waals surface area contributed by atoms with Gasteiger partial charge < -0.3 is 5.73 Å². The van der Waals surface area contributed by atoms with Crippen molar-refractivity contribution >= 4 is 35.0 Å². The highest BCUT2D eigenvalue weighted by Crippen LogP contribution is 2.30. The first-order chi connectivity index (χ1) is 8.50. The Kier molecular flexibility index (Phi) is 3.38. The van der Waals surface area contributed by atoms with E-state index in [1.807, 2.05) is 13.0 Å². The number of carbonyl (C=O) groups excluding carboxylic acids is 3. The van der Waals surface area contributed by atoms with Gasteiger partial charge in [-0.05, 0) is 19.1 Å². The van der Waals surface area contributed by atoms with Crippen molar-refractivity contribution in [2.24, 2.45) is 5.73 Å². The van der Waals surface area contributed by atoms with Gasteiger partial charge in [0.2, 0.25) is 5.91 Å². The summed E-state index contributed by atoms with van der Waals surface area (Å²) < 4.78 is 0. The number of thioether (sulfide) groups is 1. The third-order valence-corrected chi connectivity index (χ3v) is 3.52. The van der Waals surface area contributed by atoms with Crippen LogP contribution in [0.25, 0.3) is 0 Å². The monoisotopic (exact) mass is 264 g/mol. The summed E-state index contributed by atoms with van der Waals surface area (Å²) in [5.74, 6) is -1.11. The molecule has 2 amide bonds. The minimum absolute atomic E-state index is 0.124. The largest absolute Gasteiger partial charge is 0.369 e. The Morgan fingerprint density at radius 1 is 1.39 bits per heavy atom. The summed E-state index contributed by atoms with van der Waals surface area (Å²) in [7, 11) is 0. The highest BCUT2D eigenvalue weighted by atomic mass is 32.2. The van der Waals surface area contributed by atoms with E-state index in [-0.39, 0.29) is 11.6 Å². The molecule has 6 heteroatoms. The summed E-state index contributed by atoms with van der Waals surface area (Å²) in [5, 5.41) is 0. The SMILES string of the molecule is Cc1ccc2c(c1)C(=O)C(=O)N2CSCC(N)=O. The van der Waals surface area contributed by atoms with E-state index in [0.717, 1.165) is 5.56 Å². The van der Waals surface area contributed by atoms with Gasteiger partial charge in [0.1, 0.15) is 0 Å². The van der Waals surface area contributed by atoms with Gasteiger partial charge in [-0.15, -0.1) is 11.8 Å². The van der Waals surface area contributed by atoms with Crippen molar-refractivity contribution < 1.29 is 14.4 Å². The summed E-state index contributed by atoms with van der Waals surface area (Å²) in [6.07, 6.45) is 0. The summed E-state index contributed by atoms with van der Waals surface area (Å²) in [4.78, 5) is 35.6. The molecular formula is C12H12N2O3S. The fourth-order valence-corrected chi connectivity index (χ4v) is 2.51. The van der Waals surface area contributed by atoms with Crippen LogP contribution in [0, 0.1) is 6.92 Å². The zero-order valence-corrected chi connectivity index (χ0v) is 10.6. The predicted molar refractivity (Wildman–Crippen MR) is 69.5 cm³/mol. The number of fused-ring (bicyclic) bond motifs is 1. The van der Waals surface area contributed by atoms with Crippen LogP contribution in [0.3, 0.4) is 0 Å². The second-order valence-corrected chi connectivity index (χ2v) is 4.98. The van der Waals surface area contributed by atoms with E-state index in [9.17, 15) is 14.4 Å². The number of anilines is 1. The van der Waals surface area contributed by atoms with Crippen molar-refractivity contribution in [3.63, 3.8) is 0 Å². The predicted octanol–water partition coefficient (Wildman–Crippen LogP) is 0.700. The van der Waals surface area contributed by atoms with Gasteiger partial charge in [0.25, 0.3) is 11.7 Å². The van der Waals surface area contributed by atoms with Gasteiger partial charge in [0, 0.05) is 0 Å². The molecule has 1 aliphatic rings. The lowest BCUT2D eigenvalue weighted by Gasteiger charge is -2.15. The highest BCUT2D eigenvalue weighted by molar-refractivity contribution is 8.00. The fraction of sp³-hybridized carbons (Fsp3) is 0.250. The van der Waals surface area contributed by atoms with Gasteiger partial charge in [-0.3, -0.25) is 19.3 Å². The van der Waals surface area contributed by atoms with E-state index in [1.165, 1.54) is 16.7 Å². The number of carbonyl (C=O) groups is 3. The average Bonchev–Trinajstić information content (AvgIpc) is 2.54. The van der Waals surface area contributed by atoms with Gasteiger partial charge >= 0.3 is 0 Å². The molecule has 18 heavy (non-hydrogen) atoms. The number of benzene rings is 1. The zero-order chi connectivity index (χ0) is 13.3. The number of ketones is 1. The Morgan fingerprint density at radius 3 is 2.78 bits per heavy atom. The fourth-order valence-electron chi connectivity index (χ4n) is 1.78. The number of aryl methyl sites for hydroxylation is 1. The molecule has 1 aromatic carbocycles. The summed E-state index contributed by atoms with van der Waals surface area (Å²) in [5.41, 5.74) is 6.99. The van der Waals surface area contributed by atoms with Crippen molar-refractivity contribution in [1.82, 2.24) is 0 Å². The van der Waals surface area contributed by atoms with E-state index < -0.39 is 17.6 Å². The molecule has 0 bridgehead atoms. The topological polar surface area (TPSA) is 80.5 Å². The molecule has 0 spiro atoms. The standard InChI is InChI=1S/C12H12N2O3S/c1-7-2-3-9-8(4-7)11(16)12(17)14(9)6-18-5-10(13)15/h2-4H,5-6H2,1H3,(H2,13,15). The van der Waals surface area contributed by atoms with Gasteiger partial charge in [0.15, 0.2) is 0 Å². The summed E-state index contributed by atoms with van der Waals surface area (Å²) >= 11 is 1.21. The molecule has 2 rings (SSSR count). The molecule has 0 radical (unpaired) electrons. The van der Waals surface area contributed by atoms with Crippen LogP contribution in [0.5, 0.6) is 0 Å². The minimum Gasteiger partial charge on any atom is -0.369 e. The molecule has 0 saturated carbocycles. The first-order valence-corrected chi connectivity index (χ1v) is 6.49. The minimum atomic E-state index is -0.549. The first kappa shape index (κ1) is 12.6. The maximum absolute atomic E-state index is 11.8. The number of amides is 2. The normalized spacial score (nSPS) is 13.9. The van der Waals surface area contributed by atoms with Crippen molar-refractivity contribution in [2.45, 2.75) is 6.92 Å². The van der Waals surface area contributed by atoms with Crippen LogP contribution in [-0.4, -0.2) is 29.2 Å². The second kappa shape index (κ2) is 4.81. The van der Waals surface area contributed by atoms with Gasteiger partial charge in [-0.2, -0.15) is 0 Å². The van der Waals surface area contributed by atoms with E-state index in [2.05, 4.69) is 0 Å². The average molecular weight is 264 g/mol. The molecule has 0 fully saturated rings. The maximum atomic E-state index is 11.8. The number of nitrogens with zero attached hydrogens (tertiary/aromatic N) is 1. The van der Waals surface area contributed by atoms with Gasteiger partial charge in [-0.25, -0.2) is 0 Å². The lowest BCUT2D eigenvalue weighted by atomic mass is 10.1. The van der Waals surface area contributed by atoms with Crippen LogP contribution < -0.4 is 10.6 Å². The molecule has 0 aliphatic carbocycles. The van der Waals surface area contributed by atoms with E-state index >= 15 is 0 Å². The van der Waals surface area contributed by atoms with E-state index in [1.54, 1.807) is 12.1 Å². The van der Waals surface area contributed by atoms with Crippen LogP contribution in [0.15, 0.2) is 18.2 Å². The lowest BCUT2D eigenvalue weighted by Crippen LogP contribution is -2.30. The molecule has 0 atom stereocenters. The Morgan fingerprint density at radius 2 is 2.11 bits per heavy atom. The molecule has 1 heterocycles. The number of Topliss-reactive ketones (excluding diaryl/α,β-unsaturated/α-hetero) is 1. The third-order valence-electron chi connectivity index (χ3n) is 2.59. The zero-order valence-electron chi connectivity index (χ0n) is 9.80. The number of primary amides is 1. The van der Waals surface area contributed by atoms with Crippen molar-refractivity contribution in [2.75, 3.05) is 16.5 Å². The number of rotatable bonds is 4. The van der Waals surface area contributed by atoms with Crippen molar-refractivity contribution in [3.8, 4) is 0 Å². The van der Waals surface area contributed by atoms with Crippen LogP contribution in [0.2, 0.25) is 0 Å². The molecule has 2 N–H and O–H groups in total. The molecule has 5 nitrogen and oxygen atoms in total. The number of nitrogens with two attached hydrogens (primary N) is 1. The lowest BCUT2D eigenvalue weighted by molar-refractivity contribution is -0.116. The number of hydrogen-bond acceptors (Lipinski definition) is 4. The van der Waals surface area contributed by atoms with E-state index in [4.69, 9.17) is 5.73 Å². The van der Waals surface area contributed by atoms with Crippen LogP contribution in [-0.2, 0) is 9.59 Å². The van der Waals surface area contributed by atoms with Gasteiger partial charge in [-0.1, -0.05) is 11.6 Å². The Labute approximate surface area is 108 Å². The summed E-state index contributed by atoms with van der Waals surface area (Å²) in [6.45, 7) is 1.86. The number of hydrogen-bond donors (Lipinski definition) is 1. The second-order valence-electron chi connectivity index (χ2n) is 4.03. The smallest absolute Gasteiger partial charge is 0.300 e.